The van der Waals surface area contributed by atoms with Gasteiger partial charge in [0, 0.05) is 12.7 Å². The molecule has 1 amide bonds. The van der Waals surface area contributed by atoms with Gasteiger partial charge in [-0.25, -0.2) is 13.2 Å². The van der Waals surface area contributed by atoms with Crippen molar-refractivity contribution in [1.29, 1.82) is 0 Å². The van der Waals surface area contributed by atoms with Gasteiger partial charge in [-0.3, -0.25) is 9.48 Å². The van der Waals surface area contributed by atoms with Crippen molar-refractivity contribution < 1.29 is 31.1 Å². The van der Waals surface area contributed by atoms with Crippen molar-refractivity contribution >= 4 is 11.6 Å². The summed E-state index contributed by atoms with van der Waals surface area (Å²) in [5.41, 5.74) is -1.49. The minimum Gasteiger partial charge on any atom is -0.322 e. The average molecular weight is 399 g/mol. The van der Waals surface area contributed by atoms with Gasteiger partial charge in [-0.2, -0.15) is 18.3 Å². The predicted octanol–water partition coefficient (Wildman–Crippen LogP) is 4.78. The van der Waals surface area contributed by atoms with Gasteiger partial charge < -0.3 is 5.32 Å². The zero-order chi connectivity index (χ0) is 20.6. The van der Waals surface area contributed by atoms with Crippen molar-refractivity contribution in [3.8, 4) is 11.3 Å². The summed E-state index contributed by atoms with van der Waals surface area (Å²) in [6.45, 7) is 0. The van der Waals surface area contributed by atoms with Crippen LogP contribution in [0.5, 0.6) is 0 Å². The van der Waals surface area contributed by atoms with E-state index in [1.54, 1.807) is 0 Å². The first-order chi connectivity index (χ1) is 13.1. The zero-order valence-electron chi connectivity index (χ0n) is 14.1. The second-order valence-electron chi connectivity index (χ2n) is 5.79. The minimum atomic E-state index is -4.59. The third-order valence-corrected chi connectivity index (χ3v) is 3.88. The first-order valence-electron chi connectivity index (χ1n) is 7.74. The standard InChI is InChI=1S/C18H11F6N3O/c1-27-13(8-14(26-27)18(22,23)24)9-2-4-10(5-3-9)25-17(28)15-11(19)6-7-12(20)16(15)21/h2-8H,1H3,(H,25,28). The van der Waals surface area contributed by atoms with Gasteiger partial charge in [-0.15, -0.1) is 0 Å². The molecule has 28 heavy (non-hydrogen) atoms. The van der Waals surface area contributed by atoms with E-state index in [9.17, 15) is 31.1 Å². The summed E-state index contributed by atoms with van der Waals surface area (Å²) in [4.78, 5) is 12.0. The maximum Gasteiger partial charge on any atom is 0.435 e. The van der Waals surface area contributed by atoms with Crippen LogP contribution in [-0.4, -0.2) is 15.7 Å². The maximum absolute atomic E-state index is 13.7. The molecule has 3 aromatic rings. The summed E-state index contributed by atoms with van der Waals surface area (Å²) in [7, 11) is 1.34. The molecule has 0 aliphatic carbocycles. The largest absolute Gasteiger partial charge is 0.435 e. The van der Waals surface area contributed by atoms with Crippen molar-refractivity contribution in [1.82, 2.24) is 9.78 Å². The molecule has 1 heterocycles. The topological polar surface area (TPSA) is 46.9 Å². The molecule has 0 fully saturated rings. The van der Waals surface area contributed by atoms with Gasteiger partial charge in [-0.1, -0.05) is 12.1 Å². The highest BCUT2D eigenvalue weighted by atomic mass is 19.4. The quantitative estimate of drug-likeness (QED) is 0.509. The van der Waals surface area contributed by atoms with Gasteiger partial charge in [0.15, 0.2) is 17.3 Å². The van der Waals surface area contributed by atoms with E-state index in [4.69, 9.17) is 0 Å². The highest BCUT2D eigenvalue weighted by Crippen LogP contribution is 2.31. The van der Waals surface area contributed by atoms with Gasteiger partial charge in [-0.05, 0) is 35.9 Å². The van der Waals surface area contributed by atoms with E-state index in [0.29, 0.717) is 17.7 Å². The van der Waals surface area contributed by atoms with Crippen molar-refractivity contribution in [3.63, 3.8) is 0 Å². The van der Waals surface area contributed by atoms with Crippen molar-refractivity contribution in [2.45, 2.75) is 6.18 Å². The van der Waals surface area contributed by atoms with Gasteiger partial charge in [0.1, 0.15) is 11.4 Å². The number of alkyl halides is 3. The van der Waals surface area contributed by atoms with Crippen LogP contribution in [0.1, 0.15) is 16.1 Å². The first-order valence-corrected chi connectivity index (χ1v) is 7.74. The number of carbonyl (C=O) groups excluding carboxylic acids is 1. The smallest absolute Gasteiger partial charge is 0.322 e. The molecule has 1 aromatic heterocycles. The Bertz CT molecular complexity index is 1040. The lowest BCUT2D eigenvalue weighted by atomic mass is 10.1. The number of carbonyl (C=O) groups is 1. The molecule has 0 atom stereocenters. The summed E-state index contributed by atoms with van der Waals surface area (Å²) >= 11 is 0. The van der Waals surface area contributed by atoms with Crippen LogP contribution in [-0.2, 0) is 13.2 Å². The summed E-state index contributed by atoms with van der Waals surface area (Å²) in [5, 5.41) is 5.60. The second-order valence-corrected chi connectivity index (χ2v) is 5.79. The number of aromatic nitrogens is 2. The Balaban J connectivity index is 1.84. The number of nitrogens with one attached hydrogen (secondary N) is 1. The molecule has 0 aliphatic rings. The third-order valence-electron chi connectivity index (χ3n) is 3.88. The van der Waals surface area contributed by atoms with Gasteiger partial charge >= 0.3 is 6.18 Å². The van der Waals surface area contributed by atoms with Crippen LogP contribution in [0.2, 0.25) is 0 Å². The molecule has 4 nitrogen and oxygen atoms in total. The van der Waals surface area contributed by atoms with E-state index in [-0.39, 0.29) is 11.4 Å². The SMILES string of the molecule is Cn1nc(C(F)(F)F)cc1-c1ccc(NC(=O)c2c(F)ccc(F)c2F)cc1. The van der Waals surface area contributed by atoms with Crippen LogP contribution in [0, 0.1) is 17.5 Å². The Labute approximate surface area is 154 Å². The molecule has 146 valence electrons. The maximum atomic E-state index is 13.7. The molecular weight excluding hydrogens is 388 g/mol. The fraction of sp³-hybridized carbons (Fsp3) is 0.111. The molecule has 0 aliphatic heterocycles. The number of halogens is 6. The van der Waals surface area contributed by atoms with Gasteiger partial charge in [0.25, 0.3) is 5.91 Å². The number of aryl methyl sites for hydroxylation is 1. The summed E-state index contributed by atoms with van der Waals surface area (Å²) in [6.07, 6.45) is -4.59. The van der Waals surface area contributed by atoms with E-state index >= 15 is 0 Å². The predicted molar refractivity (Wildman–Crippen MR) is 87.9 cm³/mol. The van der Waals surface area contributed by atoms with E-state index in [0.717, 1.165) is 10.7 Å². The monoisotopic (exact) mass is 399 g/mol. The van der Waals surface area contributed by atoms with Crippen LogP contribution < -0.4 is 5.32 Å². The average Bonchev–Trinajstić information content (AvgIpc) is 3.01. The van der Waals surface area contributed by atoms with Crippen molar-refractivity contribution in [2.75, 3.05) is 5.32 Å². The van der Waals surface area contributed by atoms with Crippen LogP contribution >= 0.6 is 0 Å². The highest BCUT2D eigenvalue weighted by Gasteiger charge is 2.34. The Morgan fingerprint density at radius 1 is 1.00 bits per heavy atom. The third kappa shape index (κ3) is 3.71. The lowest BCUT2D eigenvalue weighted by Crippen LogP contribution is -2.16. The molecule has 0 bridgehead atoms. The fourth-order valence-corrected chi connectivity index (χ4v) is 2.53. The molecule has 0 saturated carbocycles. The number of rotatable bonds is 3. The Morgan fingerprint density at radius 2 is 1.61 bits per heavy atom. The Kier molecular flexibility index (Phi) is 4.88. The lowest BCUT2D eigenvalue weighted by molar-refractivity contribution is -0.141. The first kappa shape index (κ1) is 19.5. The van der Waals surface area contributed by atoms with Crippen LogP contribution in [0.25, 0.3) is 11.3 Å². The molecule has 10 heteroatoms. The molecule has 0 unspecified atom stereocenters. The summed E-state index contributed by atoms with van der Waals surface area (Å²) in [6, 6.07) is 7.48. The van der Waals surface area contributed by atoms with Crippen molar-refractivity contribution in [2.24, 2.45) is 7.05 Å². The second kappa shape index (κ2) is 7.02. The normalized spacial score (nSPS) is 11.5. The number of amides is 1. The number of hydrogen-bond donors (Lipinski definition) is 1. The van der Waals surface area contributed by atoms with Crippen LogP contribution in [0.15, 0.2) is 42.5 Å². The lowest BCUT2D eigenvalue weighted by Gasteiger charge is -2.09. The fourth-order valence-electron chi connectivity index (χ4n) is 2.53. The van der Waals surface area contributed by atoms with E-state index in [1.165, 1.54) is 31.3 Å². The number of anilines is 1. The summed E-state index contributed by atoms with van der Waals surface area (Å²) in [5.74, 6) is -5.44. The molecule has 0 radical (unpaired) electrons. The molecule has 0 spiro atoms. The number of benzene rings is 2. The van der Waals surface area contributed by atoms with E-state index in [2.05, 4.69) is 10.4 Å². The molecule has 2 aromatic carbocycles. The van der Waals surface area contributed by atoms with E-state index in [1.807, 2.05) is 0 Å². The highest BCUT2D eigenvalue weighted by molar-refractivity contribution is 6.04. The summed E-state index contributed by atoms with van der Waals surface area (Å²) < 4.78 is 79.8. The van der Waals surface area contributed by atoms with Gasteiger partial charge in [0.2, 0.25) is 0 Å². The molecular formula is C18H11F6N3O. The molecule has 0 saturated heterocycles. The van der Waals surface area contributed by atoms with Gasteiger partial charge in [0.05, 0.1) is 5.69 Å². The number of hydrogen-bond acceptors (Lipinski definition) is 2. The van der Waals surface area contributed by atoms with E-state index < -0.39 is 40.8 Å². The Morgan fingerprint density at radius 3 is 2.18 bits per heavy atom. The molecule has 3 rings (SSSR count). The Hall–Kier alpha value is -3.30. The zero-order valence-corrected chi connectivity index (χ0v) is 14.1. The van der Waals surface area contributed by atoms with Crippen molar-refractivity contribution in [3.05, 3.63) is 71.2 Å². The van der Waals surface area contributed by atoms with Crippen LogP contribution in [0.3, 0.4) is 0 Å². The number of nitrogens with zero attached hydrogens (tertiary/aromatic N) is 2. The minimum absolute atomic E-state index is 0.107. The molecule has 1 N–H and O–H groups in total. The van der Waals surface area contributed by atoms with Crippen LogP contribution in [0.4, 0.5) is 32.0 Å².